The number of aromatic nitrogens is 2. The molecular formula is C12H11F3N4O. The zero-order chi connectivity index (χ0) is 14.9. The molecule has 8 heteroatoms. The van der Waals surface area contributed by atoms with Crippen molar-refractivity contribution in [3.8, 4) is 0 Å². The smallest absolute Gasteiger partial charge is 0.396 e. The van der Waals surface area contributed by atoms with Crippen molar-refractivity contribution in [1.82, 2.24) is 9.78 Å². The predicted octanol–water partition coefficient (Wildman–Crippen LogP) is 2.27. The van der Waals surface area contributed by atoms with E-state index in [1.807, 2.05) is 0 Å². The average molecular weight is 284 g/mol. The Morgan fingerprint density at radius 3 is 2.35 bits per heavy atom. The molecule has 0 spiro atoms. The Morgan fingerprint density at radius 1 is 1.30 bits per heavy atom. The third kappa shape index (κ3) is 2.73. The maximum atomic E-state index is 12.4. The number of alkyl halides is 3. The number of amides is 1. The number of benzene rings is 1. The Bertz CT molecular complexity index is 612. The van der Waals surface area contributed by atoms with E-state index in [0.717, 1.165) is 12.1 Å². The van der Waals surface area contributed by atoms with Gasteiger partial charge in [0.2, 0.25) is 0 Å². The maximum Gasteiger partial charge on any atom is 0.416 e. The van der Waals surface area contributed by atoms with Crippen molar-refractivity contribution in [2.24, 2.45) is 7.05 Å². The molecule has 0 unspecified atom stereocenters. The molecule has 106 valence electrons. The van der Waals surface area contributed by atoms with Crippen LogP contribution in [0.1, 0.15) is 16.1 Å². The number of carbonyl (C=O) groups is 1. The van der Waals surface area contributed by atoms with E-state index in [4.69, 9.17) is 5.73 Å². The van der Waals surface area contributed by atoms with Crippen molar-refractivity contribution < 1.29 is 18.0 Å². The lowest BCUT2D eigenvalue weighted by molar-refractivity contribution is -0.137. The van der Waals surface area contributed by atoms with E-state index < -0.39 is 17.6 Å². The van der Waals surface area contributed by atoms with Crippen molar-refractivity contribution >= 4 is 17.3 Å². The Morgan fingerprint density at radius 2 is 1.90 bits per heavy atom. The van der Waals surface area contributed by atoms with E-state index >= 15 is 0 Å². The summed E-state index contributed by atoms with van der Waals surface area (Å²) in [5, 5.41) is 6.26. The lowest BCUT2D eigenvalue weighted by Gasteiger charge is -2.09. The molecule has 1 heterocycles. The van der Waals surface area contributed by atoms with Gasteiger partial charge in [-0.05, 0) is 24.3 Å². The van der Waals surface area contributed by atoms with Crippen molar-refractivity contribution in [3.63, 3.8) is 0 Å². The fourth-order valence-electron chi connectivity index (χ4n) is 1.67. The number of nitrogens with one attached hydrogen (secondary N) is 1. The first-order valence-electron chi connectivity index (χ1n) is 5.55. The molecule has 20 heavy (non-hydrogen) atoms. The van der Waals surface area contributed by atoms with E-state index in [1.54, 1.807) is 0 Å². The summed E-state index contributed by atoms with van der Waals surface area (Å²) in [6.07, 6.45) is -3.09. The monoisotopic (exact) mass is 284 g/mol. The number of rotatable bonds is 2. The highest BCUT2D eigenvalue weighted by Crippen LogP contribution is 2.29. The number of anilines is 2. The fraction of sp³-hybridized carbons (Fsp3) is 0.167. The van der Waals surface area contributed by atoms with E-state index in [-0.39, 0.29) is 17.1 Å². The first kappa shape index (κ1) is 13.9. The summed E-state index contributed by atoms with van der Waals surface area (Å²) in [6, 6.07) is 4.13. The molecular weight excluding hydrogens is 273 g/mol. The normalized spacial score (nSPS) is 11.4. The molecule has 0 saturated carbocycles. The molecule has 2 rings (SSSR count). The minimum atomic E-state index is -4.41. The van der Waals surface area contributed by atoms with Gasteiger partial charge in [-0.1, -0.05) is 0 Å². The summed E-state index contributed by atoms with van der Waals surface area (Å²) in [7, 11) is 1.54. The third-order valence-electron chi connectivity index (χ3n) is 2.65. The van der Waals surface area contributed by atoms with E-state index in [0.29, 0.717) is 0 Å². The maximum absolute atomic E-state index is 12.4. The van der Waals surface area contributed by atoms with Gasteiger partial charge in [-0.25, -0.2) is 0 Å². The number of nitrogens with zero attached hydrogens (tertiary/aromatic N) is 2. The molecule has 0 aliphatic rings. The largest absolute Gasteiger partial charge is 0.416 e. The summed E-state index contributed by atoms with van der Waals surface area (Å²) >= 11 is 0. The van der Waals surface area contributed by atoms with Crippen LogP contribution in [0.3, 0.4) is 0 Å². The second kappa shape index (κ2) is 4.87. The lowest BCUT2D eigenvalue weighted by Crippen LogP contribution is -2.17. The molecule has 1 aromatic heterocycles. The summed E-state index contributed by atoms with van der Waals surface area (Å²) in [5.74, 6) is -0.540. The number of nitrogens with two attached hydrogens (primary N) is 1. The molecule has 3 N–H and O–H groups in total. The van der Waals surface area contributed by atoms with Gasteiger partial charge in [-0.3, -0.25) is 9.48 Å². The van der Waals surface area contributed by atoms with Gasteiger partial charge in [-0.2, -0.15) is 18.3 Å². The molecule has 0 saturated heterocycles. The number of aryl methyl sites for hydroxylation is 1. The predicted molar refractivity (Wildman–Crippen MR) is 67.0 cm³/mol. The summed E-state index contributed by atoms with van der Waals surface area (Å²) in [5.41, 5.74) is 5.38. The van der Waals surface area contributed by atoms with E-state index in [9.17, 15) is 18.0 Å². The Balaban J connectivity index is 2.17. The molecule has 2 aromatic rings. The highest BCUT2D eigenvalue weighted by molar-refractivity contribution is 6.06. The molecule has 1 amide bonds. The zero-order valence-electron chi connectivity index (χ0n) is 10.4. The molecule has 0 fully saturated rings. The van der Waals surface area contributed by atoms with Crippen LogP contribution >= 0.6 is 0 Å². The van der Waals surface area contributed by atoms with Crippen LogP contribution in [-0.4, -0.2) is 15.7 Å². The minimum absolute atomic E-state index is 0.143. The quantitative estimate of drug-likeness (QED) is 0.888. The van der Waals surface area contributed by atoms with Crippen LogP contribution in [0.5, 0.6) is 0 Å². The van der Waals surface area contributed by atoms with Crippen LogP contribution in [-0.2, 0) is 13.2 Å². The minimum Gasteiger partial charge on any atom is -0.396 e. The van der Waals surface area contributed by atoms with Crippen LogP contribution in [0.2, 0.25) is 0 Å². The third-order valence-corrected chi connectivity index (χ3v) is 2.65. The van der Waals surface area contributed by atoms with Gasteiger partial charge in [0, 0.05) is 12.7 Å². The van der Waals surface area contributed by atoms with Gasteiger partial charge in [-0.15, -0.1) is 0 Å². The van der Waals surface area contributed by atoms with E-state index in [1.165, 1.54) is 30.1 Å². The van der Waals surface area contributed by atoms with Crippen LogP contribution in [0.25, 0.3) is 0 Å². The van der Waals surface area contributed by atoms with Crippen LogP contribution in [0, 0.1) is 0 Å². The van der Waals surface area contributed by atoms with Crippen molar-refractivity contribution in [2.45, 2.75) is 6.18 Å². The lowest BCUT2D eigenvalue weighted by atomic mass is 10.2. The van der Waals surface area contributed by atoms with Crippen molar-refractivity contribution in [3.05, 3.63) is 41.7 Å². The Labute approximate surface area is 112 Å². The first-order chi connectivity index (χ1) is 9.29. The fourth-order valence-corrected chi connectivity index (χ4v) is 1.67. The molecule has 0 aliphatic heterocycles. The molecule has 0 bridgehead atoms. The number of hydrogen-bond donors (Lipinski definition) is 2. The van der Waals surface area contributed by atoms with Crippen LogP contribution < -0.4 is 11.1 Å². The van der Waals surface area contributed by atoms with Gasteiger partial charge in [0.05, 0.1) is 17.4 Å². The topological polar surface area (TPSA) is 72.9 Å². The van der Waals surface area contributed by atoms with Gasteiger partial charge in [0.1, 0.15) is 5.69 Å². The number of carbonyl (C=O) groups excluding carboxylic acids is 1. The van der Waals surface area contributed by atoms with Crippen LogP contribution in [0.4, 0.5) is 24.5 Å². The van der Waals surface area contributed by atoms with Crippen LogP contribution in [0.15, 0.2) is 30.5 Å². The van der Waals surface area contributed by atoms with Gasteiger partial charge in [0.25, 0.3) is 5.91 Å². The molecule has 0 atom stereocenters. The average Bonchev–Trinajstić information content (AvgIpc) is 2.68. The van der Waals surface area contributed by atoms with Crippen molar-refractivity contribution in [2.75, 3.05) is 11.1 Å². The van der Waals surface area contributed by atoms with Gasteiger partial charge < -0.3 is 11.1 Å². The van der Waals surface area contributed by atoms with Crippen molar-refractivity contribution in [1.29, 1.82) is 0 Å². The number of halogens is 3. The summed E-state index contributed by atoms with van der Waals surface area (Å²) in [6.45, 7) is 0. The first-order valence-corrected chi connectivity index (χ1v) is 5.55. The SMILES string of the molecule is Cn1ncc(N)c1C(=O)Nc1ccc(C(F)(F)F)cc1. The summed E-state index contributed by atoms with van der Waals surface area (Å²) in [4.78, 5) is 11.9. The second-order valence-electron chi connectivity index (χ2n) is 4.10. The Hall–Kier alpha value is -2.51. The van der Waals surface area contributed by atoms with E-state index in [2.05, 4.69) is 10.4 Å². The zero-order valence-corrected chi connectivity index (χ0v) is 10.4. The summed E-state index contributed by atoms with van der Waals surface area (Å²) < 4.78 is 38.5. The number of nitrogen functional groups attached to an aromatic ring is 1. The van der Waals surface area contributed by atoms with Gasteiger partial charge in [0.15, 0.2) is 0 Å². The molecule has 0 aliphatic carbocycles. The highest BCUT2D eigenvalue weighted by atomic mass is 19.4. The standard InChI is InChI=1S/C12H11F3N4O/c1-19-10(9(16)6-17-19)11(20)18-8-4-2-7(3-5-8)12(13,14)15/h2-6H,16H2,1H3,(H,18,20). The number of hydrogen-bond acceptors (Lipinski definition) is 3. The van der Waals surface area contributed by atoms with Gasteiger partial charge >= 0.3 is 6.18 Å². The molecule has 0 radical (unpaired) electrons. The highest BCUT2D eigenvalue weighted by Gasteiger charge is 2.30. The Kier molecular flexibility index (Phi) is 3.39. The second-order valence-corrected chi connectivity index (χ2v) is 4.10. The molecule has 5 nitrogen and oxygen atoms in total. The molecule has 1 aromatic carbocycles.